The van der Waals surface area contributed by atoms with Crippen LogP contribution in [0.25, 0.3) is 0 Å². The van der Waals surface area contributed by atoms with Crippen molar-refractivity contribution in [2.24, 2.45) is 0 Å². The number of hydrogen-bond acceptors (Lipinski definition) is 2. The number of nitrogens with one attached hydrogen (secondary N) is 1. The third-order valence-electron chi connectivity index (χ3n) is 4.63. The summed E-state index contributed by atoms with van der Waals surface area (Å²) in [5.74, 6) is 0.862. The van der Waals surface area contributed by atoms with Crippen molar-refractivity contribution < 1.29 is 0 Å². The van der Waals surface area contributed by atoms with Gasteiger partial charge in [-0.15, -0.1) is 0 Å². The van der Waals surface area contributed by atoms with Crippen LogP contribution in [0.4, 0.5) is 0 Å². The lowest BCUT2D eigenvalue weighted by Crippen LogP contribution is -2.40. The molecular weight excluding hydrogens is 250 g/mol. The summed E-state index contributed by atoms with van der Waals surface area (Å²) in [6.45, 7) is 1.06. The Morgan fingerprint density at radius 2 is 1.89 bits per heavy atom. The van der Waals surface area contributed by atoms with Gasteiger partial charge in [0.25, 0.3) is 0 Å². The molecule has 0 bridgehead atoms. The lowest BCUT2D eigenvalue weighted by atomic mass is 9.94. The molecule has 1 nitrogen and oxygen atoms in total. The van der Waals surface area contributed by atoms with Crippen LogP contribution in [0.5, 0.6) is 0 Å². The van der Waals surface area contributed by atoms with Gasteiger partial charge in [-0.3, -0.25) is 0 Å². The molecule has 0 saturated heterocycles. The Labute approximate surface area is 121 Å². The lowest BCUT2D eigenvalue weighted by molar-refractivity contribution is 0.382. The van der Waals surface area contributed by atoms with Crippen molar-refractivity contribution in [3.8, 4) is 0 Å². The maximum absolute atomic E-state index is 3.84. The van der Waals surface area contributed by atoms with Gasteiger partial charge in [-0.05, 0) is 49.0 Å². The van der Waals surface area contributed by atoms with E-state index in [4.69, 9.17) is 0 Å². The summed E-state index contributed by atoms with van der Waals surface area (Å²) in [6.07, 6.45) is 10.6. The number of hydrogen-bond donors (Lipinski definition) is 1. The minimum atomic E-state index is 0.719. The molecule has 1 aromatic carbocycles. The summed E-state index contributed by atoms with van der Waals surface area (Å²) in [5, 5.41) is 4.66. The van der Waals surface area contributed by atoms with Crippen LogP contribution in [0.3, 0.4) is 0 Å². The first-order valence-corrected chi connectivity index (χ1v) is 9.01. The van der Waals surface area contributed by atoms with Crippen molar-refractivity contribution in [1.82, 2.24) is 5.32 Å². The van der Waals surface area contributed by atoms with Gasteiger partial charge in [0.1, 0.15) is 0 Å². The van der Waals surface area contributed by atoms with Crippen LogP contribution in [0, 0.1) is 0 Å². The van der Waals surface area contributed by atoms with Crippen LogP contribution in [0.1, 0.15) is 55.6 Å². The topological polar surface area (TPSA) is 12.0 Å². The van der Waals surface area contributed by atoms with Crippen molar-refractivity contribution in [2.75, 3.05) is 6.26 Å². The third kappa shape index (κ3) is 3.35. The quantitative estimate of drug-likeness (QED) is 0.858. The zero-order valence-electron chi connectivity index (χ0n) is 11.9. The maximum atomic E-state index is 3.84. The Balaban J connectivity index is 1.62. The fourth-order valence-corrected chi connectivity index (χ4v) is 4.30. The molecule has 2 aliphatic rings. The predicted molar refractivity (Wildman–Crippen MR) is 84.8 cm³/mol. The van der Waals surface area contributed by atoms with Gasteiger partial charge in [-0.2, -0.15) is 11.8 Å². The highest BCUT2D eigenvalue weighted by Gasteiger charge is 2.27. The van der Waals surface area contributed by atoms with Gasteiger partial charge in [0, 0.05) is 17.8 Å². The normalized spacial score (nSPS) is 27.4. The molecule has 2 atom stereocenters. The van der Waals surface area contributed by atoms with Gasteiger partial charge < -0.3 is 5.32 Å². The summed E-state index contributed by atoms with van der Waals surface area (Å²) in [7, 11) is 0. The summed E-state index contributed by atoms with van der Waals surface area (Å²) < 4.78 is 0. The van der Waals surface area contributed by atoms with Gasteiger partial charge in [0.2, 0.25) is 0 Å². The van der Waals surface area contributed by atoms with E-state index in [1.807, 2.05) is 11.8 Å². The molecule has 0 radical (unpaired) electrons. The van der Waals surface area contributed by atoms with E-state index >= 15 is 0 Å². The van der Waals surface area contributed by atoms with Crippen molar-refractivity contribution in [3.63, 3.8) is 0 Å². The zero-order valence-corrected chi connectivity index (χ0v) is 12.7. The fraction of sp³-hybridized carbons (Fsp3) is 0.647. The minimum absolute atomic E-state index is 0.719. The van der Waals surface area contributed by atoms with Gasteiger partial charge in [-0.25, -0.2) is 0 Å². The second-order valence-electron chi connectivity index (χ2n) is 6.02. The molecule has 0 amide bonds. The first kappa shape index (κ1) is 13.5. The lowest BCUT2D eigenvalue weighted by Gasteiger charge is -2.31. The van der Waals surface area contributed by atoms with Gasteiger partial charge in [-0.1, -0.05) is 37.1 Å². The van der Waals surface area contributed by atoms with E-state index in [-0.39, 0.29) is 0 Å². The smallest absolute Gasteiger partial charge is 0.0211 e. The van der Waals surface area contributed by atoms with Crippen LogP contribution in [-0.4, -0.2) is 17.5 Å². The maximum Gasteiger partial charge on any atom is 0.0211 e. The monoisotopic (exact) mass is 275 g/mol. The Hall–Kier alpha value is -0.470. The van der Waals surface area contributed by atoms with Crippen LogP contribution in [-0.2, 0) is 6.54 Å². The Kier molecular flexibility index (Phi) is 4.49. The standard InChI is InChI=1S/C17H25NS/c1-19-17-9-5-4-8-16(17)18-12-14-6-2-3-7-15(14)13-10-11-13/h2-3,6-7,13,16-18H,4-5,8-12H2,1H3. The van der Waals surface area contributed by atoms with E-state index in [0.717, 1.165) is 23.8 Å². The summed E-state index contributed by atoms with van der Waals surface area (Å²) in [5.41, 5.74) is 3.14. The summed E-state index contributed by atoms with van der Waals surface area (Å²) in [6, 6.07) is 9.76. The highest BCUT2D eigenvalue weighted by molar-refractivity contribution is 7.99. The van der Waals surface area contributed by atoms with Gasteiger partial charge in [0.05, 0.1) is 0 Å². The van der Waals surface area contributed by atoms with Crippen LogP contribution >= 0.6 is 11.8 Å². The summed E-state index contributed by atoms with van der Waals surface area (Å²) >= 11 is 2.05. The van der Waals surface area contributed by atoms with Crippen molar-refractivity contribution in [1.29, 1.82) is 0 Å². The SMILES string of the molecule is CSC1CCCCC1NCc1ccccc1C1CC1. The second-order valence-corrected chi connectivity index (χ2v) is 7.10. The Bertz CT molecular complexity index is 413. The number of thioether (sulfide) groups is 1. The van der Waals surface area contributed by atoms with Crippen LogP contribution in [0.15, 0.2) is 24.3 Å². The molecular formula is C17H25NS. The number of rotatable bonds is 5. The fourth-order valence-electron chi connectivity index (χ4n) is 3.34. The van der Waals surface area contributed by atoms with E-state index in [1.165, 1.54) is 44.1 Å². The van der Waals surface area contributed by atoms with E-state index in [0.29, 0.717) is 0 Å². The highest BCUT2D eigenvalue weighted by atomic mass is 32.2. The van der Waals surface area contributed by atoms with Gasteiger partial charge in [0.15, 0.2) is 0 Å². The zero-order chi connectivity index (χ0) is 13.1. The summed E-state index contributed by atoms with van der Waals surface area (Å²) in [4.78, 5) is 0. The van der Waals surface area contributed by atoms with Crippen molar-refractivity contribution in [2.45, 2.75) is 62.3 Å². The van der Waals surface area contributed by atoms with Crippen molar-refractivity contribution >= 4 is 11.8 Å². The molecule has 2 saturated carbocycles. The molecule has 2 fully saturated rings. The van der Waals surface area contributed by atoms with Crippen LogP contribution < -0.4 is 5.32 Å². The first-order chi connectivity index (χ1) is 9.38. The Morgan fingerprint density at radius 1 is 1.11 bits per heavy atom. The van der Waals surface area contributed by atoms with E-state index in [2.05, 4.69) is 35.8 Å². The van der Waals surface area contributed by atoms with Crippen molar-refractivity contribution in [3.05, 3.63) is 35.4 Å². The molecule has 0 heterocycles. The first-order valence-electron chi connectivity index (χ1n) is 7.72. The average molecular weight is 275 g/mol. The Morgan fingerprint density at radius 3 is 2.68 bits per heavy atom. The number of benzene rings is 1. The molecule has 0 spiro atoms. The average Bonchev–Trinajstić information content (AvgIpc) is 3.30. The molecule has 2 aliphatic carbocycles. The molecule has 2 unspecified atom stereocenters. The van der Waals surface area contributed by atoms with E-state index in [1.54, 1.807) is 5.56 Å². The molecule has 0 aliphatic heterocycles. The van der Waals surface area contributed by atoms with Gasteiger partial charge >= 0.3 is 0 Å². The molecule has 104 valence electrons. The largest absolute Gasteiger partial charge is 0.309 e. The van der Waals surface area contributed by atoms with E-state index < -0.39 is 0 Å². The molecule has 0 aromatic heterocycles. The highest BCUT2D eigenvalue weighted by Crippen LogP contribution is 2.41. The van der Waals surface area contributed by atoms with Crippen LogP contribution in [0.2, 0.25) is 0 Å². The predicted octanol–water partition coefficient (Wildman–Crippen LogP) is 4.33. The third-order valence-corrected chi connectivity index (χ3v) is 5.80. The molecule has 19 heavy (non-hydrogen) atoms. The second kappa shape index (κ2) is 6.32. The van der Waals surface area contributed by atoms with E-state index in [9.17, 15) is 0 Å². The molecule has 1 N–H and O–H groups in total. The molecule has 1 aromatic rings. The molecule has 2 heteroatoms. The minimum Gasteiger partial charge on any atom is -0.309 e. The molecule has 3 rings (SSSR count).